The second kappa shape index (κ2) is 5.42. The average molecular weight is 269 g/mol. The Labute approximate surface area is 109 Å². The number of nitrogens with zero attached hydrogens (tertiary/aromatic N) is 3. The van der Waals surface area contributed by atoms with Crippen LogP contribution in [-0.2, 0) is 6.54 Å². The van der Waals surface area contributed by atoms with Crippen molar-refractivity contribution in [2.45, 2.75) is 32.5 Å². The van der Waals surface area contributed by atoms with E-state index < -0.39 is 12.6 Å². The zero-order valence-corrected chi connectivity index (χ0v) is 10.5. The molecule has 0 aliphatic rings. The van der Waals surface area contributed by atoms with E-state index in [9.17, 15) is 13.2 Å². The van der Waals surface area contributed by atoms with Crippen LogP contribution in [0.1, 0.15) is 18.5 Å². The Morgan fingerprint density at radius 2 is 2.00 bits per heavy atom. The minimum absolute atomic E-state index is 0.0561. The van der Waals surface area contributed by atoms with Crippen LogP contribution in [0.3, 0.4) is 0 Å². The van der Waals surface area contributed by atoms with Crippen molar-refractivity contribution < 1.29 is 13.2 Å². The van der Waals surface area contributed by atoms with Gasteiger partial charge in [-0.2, -0.15) is 13.2 Å². The first-order valence-corrected chi connectivity index (χ1v) is 5.96. The van der Waals surface area contributed by atoms with Crippen molar-refractivity contribution in [3.05, 3.63) is 36.4 Å². The topological polar surface area (TPSA) is 30.7 Å². The van der Waals surface area contributed by atoms with E-state index >= 15 is 0 Å². The molecule has 2 aromatic heterocycles. The van der Waals surface area contributed by atoms with Gasteiger partial charge in [0, 0.05) is 24.9 Å². The molecule has 6 heteroatoms. The molecule has 0 amide bonds. The van der Waals surface area contributed by atoms with Crippen LogP contribution in [-0.4, -0.2) is 20.7 Å². The van der Waals surface area contributed by atoms with Crippen LogP contribution >= 0.6 is 0 Å². The zero-order chi connectivity index (χ0) is 13.9. The molecule has 0 aliphatic carbocycles. The summed E-state index contributed by atoms with van der Waals surface area (Å²) in [5, 5.41) is 0. The van der Waals surface area contributed by atoms with Crippen molar-refractivity contribution in [2.24, 2.45) is 0 Å². The van der Waals surface area contributed by atoms with Crippen molar-refractivity contribution in [2.75, 3.05) is 0 Å². The number of pyridine rings is 1. The fraction of sp³-hybridized carbons (Fsp3) is 0.385. The number of rotatable bonds is 4. The van der Waals surface area contributed by atoms with Crippen molar-refractivity contribution in [3.8, 4) is 11.4 Å². The lowest BCUT2D eigenvalue weighted by Gasteiger charge is -2.05. The first-order valence-electron chi connectivity index (χ1n) is 5.96. The minimum Gasteiger partial charge on any atom is -0.337 e. The van der Waals surface area contributed by atoms with Crippen LogP contribution in [0.4, 0.5) is 13.2 Å². The summed E-state index contributed by atoms with van der Waals surface area (Å²) >= 11 is 0. The van der Waals surface area contributed by atoms with Crippen molar-refractivity contribution >= 4 is 0 Å². The molecule has 0 aliphatic heterocycles. The third kappa shape index (κ3) is 4.08. The third-order valence-electron chi connectivity index (χ3n) is 2.66. The molecule has 0 fully saturated rings. The Bertz CT molecular complexity index is 546. The summed E-state index contributed by atoms with van der Waals surface area (Å²) in [5.74, 6) is 0. The number of halogens is 3. The number of imidazole rings is 1. The number of hydrogen-bond donors (Lipinski definition) is 0. The summed E-state index contributed by atoms with van der Waals surface area (Å²) < 4.78 is 37.8. The summed E-state index contributed by atoms with van der Waals surface area (Å²) in [6, 6.07) is 5.58. The van der Waals surface area contributed by atoms with Gasteiger partial charge in [0.15, 0.2) is 0 Å². The summed E-state index contributed by atoms with van der Waals surface area (Å²) in [7, 11) is 0. The predicted molar refractivity (Wildman–Crippen MR) is 65.5 cm³/mol. The largest absolute Gasteiger partial charge is 0.389 e. The van der Waals surface area contributed by atoms with E-state index in [1.54, 1.807) is 10.8 Å². The monoisotopic (exact) mass is 269 g/mol. The molecular weight excluding hydrogens is 255 g/mol. The summed E-state index contributed by atoms with van der Waals surface area (Å²) in [6.07, 6.45) is -1.56. The molecule has 0 saturated heterocycles. The fourth-order valence-corrected chi connectivity index (χ4v) is 1.76. The molecule has 102 valence electrons. The van der Waals surface area contributed by atoms with Gasteiger partial charge in [-0.1, -0.05) is 6.07 Å². The SMILES string of the molecule is Cc1cccc(-c2cn(CCCC(F)(F)F)cn2)n1. The average Bonchev–Trinajstić information content (AvgIpc) is 2.76. The summed E-state index contributed by atoms with van der Waals surface area (Å²) in [6.45, 7) is 2.18. The highest BCUT2D eigenvalue weighted by atomic mass is 19.4. The Morgan fingerprint density at radius 3 is 2.68 bits per heavy atom. The highest BCUT2D eigenvalue weighted by molar-refractivity contribution is 5.52. The molecule has 0 spiro atoms. The molecule has 19 heavy (non-hydrogen) atoms. The fourth-order valence-electron chi connectivity index (χ4n) is 1.76. The lowest BCUT2D eigenvalue weighted by atomic mass is 10.2. The highest BCUT2D eigenvalue weighted by Gasteiger charge is 2.25. The van der Waals surface area contributed by atoms with Crippen LogP contribution in [0, 0.1) is 6.92 Å². The van der Waals surface area contributed by atoms with Gasteiger partial charge >= 0.3 is 6.18 Å². The van der Waals surface area contributed by atoms with Gasteiger partial charge < -0.3 is 4.57 Å². The first-order chi connectivity index (χ1) is 8.94. The normalized spacial score (nSPS) is 11.8. The molecule has 3 nitrogen and oxygen atoms in total. The standard InChI is InChI=1S/C13H14F3N3/c1-10-4-2-5-11(18-10)12-8-19(9-17-12)7-3-6-13(14,15)16/h2,4-5,8-9H,3,6-7H2,1H3. The van der Waals surface area contributed by atoms with Gasteiger partial charge in [0.25, 0.3) is 0 Å². The molecule has 0 radical (unpaired) electrons. The molecular formula is C13H14F3N3. The van der Waals surface area contributed by atoms with Gasteiger partial charge in [0.05, 0.1) is 12.0 Å². The number of aromatic nitrogens is 3. The van der Waals surface area contributed by atoms with Crippen molar-refractivity contribution in [3.63, 3.8) is 0 Å². The second-order valence-electron chi connectivity index (χ2n) is 4.38. The van der Waals surface area contributed by atoms with Gasteiger partial charge in [-0.05, 0) is 25.5 Å². The maximum Gasteiger partial charge on any atom is 0.389 e. The smallest absolute Gasteiger partial charge is 0.337 e. The minimum atomic E-state index is -4.10. The lowest BCUT2D eigenvalue weighted by Crippen LogP contribution is -2.08. The van der Waals surface area contributed by atoms with E-state index in [0.29, 0.717) is 12.2 Å². The van der Waals surface area contributed by atoms with E-state index in [4.69, 9.17) is 0 Å². The van der Waals surface area contributed by atoms with Crippen LogP contribution < -0.4 is 0 Å². The van der Waals surface area contributed by atoms with E-state index in [1.165, 1.54) is 6.33 Å². The number of hydrogen-bond acceptors (Lipinski definition) is 2. The molecule has 0 saturated carbocycles. The molecule has 0 bridgehead atoms. The van der Waals surface area contributed by atoms with E-state index in [1.807, 2.05) is 25.1 Å². The highest BCUT2D eigenvalue weighted by Crippen LogP contribution is 2.22. The van der Waals surface area contributed by atoms with Crippen LogP contribution in [0.2, 0.25) is 0 Å². The van der Waals surface area contributed by atoms with Gasteiger partial charge in [-0.25, -0.2) is 4.98 Å². The van der Waals surface area contributed by atoms with Crippen molar-refractivity contribution in [1.29, 1.82) is 0 Å². The first kappa shape index (κ1) is 13.6. The molecule has 0 N–H and O–H groups in total. The predicted octanol–water partition coefficient (Wildman–Crippen LogP) is 3.60. The number of alkyl halides is 3. The van der Waals surface area contributed by atoms with Gasteiger partial charge in [-0.15, -0.1) is 0 Å². The Kier molecular flexibility index (Phi) is 3.87. The molecule has 2 aromatic rings. The summed E-state index contributed by atoms with van der Waals surface area (Å²) in [5.41, 5.74) is 2.29. The van der Waals surface area contributed by atoms with E-state index in [0.717, 1.165) is 11.4 Å². The van der Waals surface area contributed by atoms with Gasteiger partial charge in [-0.3, -0.25) is 4.98 Å². The van der Waals surface area contributed by atoms with Gasteiger partial charge in [0.2, 0.25) is 0 Å². The quantitative estimate of drug-likeness (QED) is 0.849. The number of aryl methyl sites for hydroxylation is 2. The molecule has 2 heterocycles. The summed E-state index contributed by atoms with van der Waals surface area (Å²) in [4.78, 5) is 8.48. The third-order valence-corrected chi connectivity index (χ3v) is 2.66. The van der Waals surface area contributed by atoms with Crippen molar-refractivity contribution in [1.82, 2.24) is 14.5 Å². The maximum atomic E-state index is 12.0. The zero-order valence-electron chi connectivity index (χ0n) is 10.5. The van der Waals surface area contributed by atoms with E-state index in [2.05, 4.69) is 9.97 Å². The Hall–Kier alpha value is -1.85. The van der Waals surface area contributed by atoms with Gasteiger partial charge in [0.1, 0.15) is 5.69 Å². The van der Waals surface area contributed by atoms with E-state index in [-0.39, 0.29) is 6.42 Å². The van der Waals surface area contributed by atoms with Crippen LogP contribution in [0.5, 0.6) is 0 Å². The molecule has 2 rings (SSSR count). The molecule has 0 unspecified atom stereocenters. The van der Waals surface area contributed by atoms with Crippen LogP contribution in [0.25, 0.3) is 11.4 Å². The molecule has 0 atom stereocenters. The Morgan fingerprint density at radius 1 is 1.21 bits per heavy atom. The maximum absolute atomic E-state index is 12.0. The second-order valence-corrected chi connectivity index (χ2v) is 4.38. The Balaban J connectivity index is 1.99. The molecule has 0 aromatic carbocycles. The van der Waals surface area contributed by atoms with Crippen LogP contribution in [0.15, 0.2) is 30.7 Å². The lowest BCUT2D eigenvalue weighted by molar-refractivity contribution is -0.135.